The Kier molecular flexibility index (Phi) is 11.1. The van der Waals surface area contributed by atoms with E-state index in [1.807, 2.05) is 98.8 Å². The summed E-state index contributed by atoms with van der Waals surface area (Å²) in [6.45, 7) is 5.13. The van der Waals surface area contributed by atoms with Crippen molar-refractivity contribution in [2.45, 2.75) is 50.4 Å². The Labute approximate surface area is 277 Å². The zero-order chi connectivity index (χ0) is 33.4. The Morgan fingerprint density at radius 1 is 0.957 bits per heavy atom. The normalized spacial score (nSPS) is 17.8. The van der Waals surface area contributed by atoms with Crippen molar-refractivity contribution in [3.8, 4) is 5.75 Å². The molecule has 0 aliphatic carbocycles. The fraction of sp³-hybridized carbons (Fsp3) is 0.333. The number of carbonyl (C=O) groups is 2. The van der Waals surface area contributed by atoms with Gasteiger partial charge in [0.25, 0.3) is 11.8 Å². The van der Waals surface area contributed by atoms with Gasteiger partial charge in [0.05, 0.1) is 37.4 Å². The zero-order valence-electron chi connectivity index (χ0n) is 27.6. The van der Waals surface area contributed by atoms with Crippen LogP contribution in [0.4, 0.5) is 0 Å². The summed E-state index contributed by atoms with van der Waals surface area (Å²) in [5.41, 5.74) is 4.13. The number of methoxy groups -OCH3 is 1. The van der Waals surface area contributed by atoms with Gasteiger partial charge in [-0.2, -0.15) is 0 Å². The molecule has 2 amide bonds. The van der Waals surface area contributed by atoms with E-state index in [4.69, 9.17) is 9.47 Å². The average Bonchev–Trinajstić information content (AvgIpc) is 3.60. The van der Waals surface area contributed by atoms with Crippen molar-refractivity contribution >= 4 is 11.8 Å². The predicted molar refractivity (Wildman–Crippen MR) is 184 cm³/mol. The van der Waals surface area contributed by atoms with Crippen molar-refractivity contribution in [3.05, 3.63) is 137 Å². The lowest BCUT2D eigenvalue weighted by atomic mass is 9.88. The molecule has 1 unspecified atom stereocenters. The molecule has 0 bridgehead atoms. The van der Waals surface area contributed by atoms with Crippen LogP contribution < -0.4 is 15.4 Å². The van der Waals surface area contributed by atoms with Crippen molar-refractivity contribution in [1.29, 1.82) is 0 Å². The van der Waals surface area contributed by atoms with E-state index in [9.17, 15) is 14.7 Å². The maximum absolute atomic E-state index is 13.8. The average molecular weight is 636 g/mol. The zero-order valence-corrected chi connectivity index (χ0v) is 27.6. The van der Waals surface area contributed by atoms with Gasteiger partial charge < -0.3 is 30.1 Å². The molecule has 1 saturated heterocycles. The maximum atomic E-state index is 13.8. The monoisotopic (exact) mass is 635 g/mol. The quantitative estimate of drug-likeness (QED) is 0.181. The molecule has 8 heteroatoms. The molecule has 3 N–H and O–H groups in total. The van der Waals surface area contributed by atoms with Crippen LogP contribution in [0.25, 0.3) is 0 Å². The largest absolute Gasteiger partial charge is 0.497 e. The minimum atomic E-state index is -0.925. The van der Waals surface area contributed by atoms with Gasteiger partial charge in [-0.05, 0) is 79.3 Å². The number of amides is 2. The summed E-state index contributed by atoms with van der Waals surface area (Å²) >= 11 is 0. The van der Waals surface area contributed by atoms with Gasteiger partial charge in [-0.3, -0.25) is 9.59 Å². The third-order valence-corrected chi connectivity index (χ3v) is 9.14. The van der Waals surface area contributed by atoms with Crippen LogP contribution in [0.2, 0.25) is 0 Å². The molecule has 4 aromatic carbocycles. The van der Waals surface area contributed by atoms with Crippen LogP contribution in [-0.4, -0.2) is 67.9 Å². The predicted octanol–water partition coefficient (Wildman–Crippen LogP) is 5.44. The van der Waals surface area contributed by atoms with E-state index in [1.54, 1.807) is 37.3 Å². The molecule has 1 heterocycles. The number of aliphatic hydroxyl groups excluding tert-OH is 1. The van der Waals surface area contributed by atoms with Crippen molar-refractivity contribution in [3.63, 3.8) is 0 Å². The summed E-state index contributed by atoms with van der Waals surface area (Å²) < 4.78 is 11.3. The second kappa shape index (κ2) is 15.4. The smallest absolute Gasteiger partial charge is 0.254 e. The third-order valence-electron chi connectivity index (χ3n) is 9.14. The minimum absolute atomic E-state index is 0.148. The van der Waals surface area contributed by atoms with Gasteiger partial charge in [0.1, 0.15) is 5.75 Å². The van der Waals surface area contributed by atoms with Crippen LogP contribution in [0.1, 0.15) is 62.4 Å². The van der Waals surface area contributed by atoms with Crippen LogP contribution >= 0.6 is 0 Å². The summed E-state index contributed by atoms with van der Waals surface area (Å²) in [6, 6.07) is 32.0. The lowest BCUT2D eigenvalue weighted by molar-refractivity contribution is 0.0742. The molecule has 4 aromatic rings. The van der Waals surface area contributed by atoms with Gasteiger partial charge in [-0.15, -0.1) is 0 Å². The highest BCUT2D eigenvalue weighted by atomic mass is 16.5. The van der Waals surface area contributed by atoms with Gasteiger partial charge in [-0.1, -0.05) is 72.8 Å². The van der Waals surface area contributed by atoms with E-state index in [2.05, 4.69) is 10.6 Å². The molecule has 246 valence electrons. The second-order valence-electron chi connectivity index (χ2n) is 12.4. The van der Waals surface area contributed by atoms with Gasteiger partial charge in [0, 0.05) is 31.3 Å². The SMILES string of the molecule is COc1cccc(C2(NC[C@@H](O)[C@H](Cc3ccccc3)NC(=O)c3cc(C)cc(C(=O)N(C)[C@H](C)c4ccccc4)c3)CCOC2)c1. The van der Waals surface area contributed by atoms with Crippen LogP contribution in [0.15, 0.2) is 103 Å². The summed E-state index contributed by atoms with van der Waals surface area (Å²) in [7, 11) is 3.41. The van der Waals surface area contributed by atoms with Gasteiger partial charge in [0.2, 0.25) is 0 Å². The molecule has 1 aliphatic heterocycles. The summed E-state index contributed by atoms with van der Waals surface area (Å²) in [6.07, 6.45) is 0.235. The molecular formula is C39H45N3O5. The number of rotatable bonds is 13. The molecule has 0 aromatic heterocycles. The highest BCUT2D eigenvalue weighted by Crippen LogP contribution is 2.32. The van der Waals surface area contributed by atoms with Crippen molar-refractivity contribution in [2.75, 3.05) is 33.9 Å². The molecule has 1 aliphatic rings. The van der Waals surface area contributed by atoms with Crippen LogP contribution in [0.3, 0.4) is 0 Å². The standard InChI is InChI=1S/C39H45N3O5/c1-27-20-31(23-32(21-27)38(45)42(3)28(2)30-14-9-6-10-15-30)37(44)41-35(22-29-12-7-5-8-13-29)36(43)25-40-39(18-19-47-26-39)33-16-11-17-34(24-33)46-4/h5-17,20-21,23-24,28,35-36,40,43H,18-19,22,25-26H2,1-4H3,(H,41,44)/t28-,35+,36-,39?/m1/s1. The Bertz CT molecular complexity index is 1640. The molecular weight excluding hydrogens is 590 g/mol. The first-order valence-electron chi connectivity index (χ1n) is 16.1. The number of nitrogens with one attached hydrogen (secondary N) is 2. The number of aryl methyl sites for hydroxylation is 1. The van der Waals surface area contributed by atoms with E-state index in [-0.39, 0.29) is 24.4 Å². The second-order valence-corrected chi connectivity index (χ2v) is 12.4. The fourth-order valence-electron chi connectivity index (χ4n) is 6.17. The first-order valence-corrected chi connectivity index (χ1v) is 16.1. The van der Waals surface area contributed by atoms with Gasteiger partial charge in [-0.25, -0.2) is 0 Å². The van der Waals surface area contributed by atoms with E-state index in [0.717, 1.165) is 34.4 Å². The molecule has 8 nitrogen and oxygen atoms in total. The summed E-state index contributed by atoms with van der Waals surface area (Å²) in [5, 5.41) is 18.3. The van der Waals surface area contributed by atoms with Gasteiger partial charge >= 0.3 is 0 Å². The van der Waals surface area contributed by atoms with Gasteiger partial charge in [0.15, 0.2) is 0 Å². The van der Waals surface area contributed by atoms with E-state index in [1.165, 1.54) is 0 Å². The number of hydrogen-bond acceptors (Lipinski definition) is 6. The molecule has 1 fully saturated rings. The fourth-order valence-corrected chi connectivity index (χ4v) is 6.17. The Morgan fingerprint density at radius 2 is 1.66 bits per heavy atom. The summed E-state index contributed by atoms with van der Waals surface area (Å²) in [5.74, 6) is 0.223. The molecule has 47 heavy (non-hydrogen) atoms. The summed E-state index contributed by atoms with van der Waals surface area (Å²) in [4.78, 5) is 29.1. The topological polar surface area (TPSA) is 100 Å². The molecule has 4 atom stereocenters. The number of carbonyl (C=O) groups excluding carboxylic acids is 2. The molecule has 0 spiro atoms. The Balaban J connectivity index is 1.34. The first kappa shape index (κ1) is 33.9. The lowest BCUT2D eigenvalue weighted by Gasteiger charge is -2.33. The Hall–Kier alpha value is -4.50. The third kappa shape index (κ3) is 8.27. The van der Waals surface area contributed by atoms with E-state index >= 15 is 0 Å². The number of nitrogens with zero attached hydrogens (tertiary/aromatic N) is 1. The highest BCUT2D eigenvalue weighted by Gasteiger charge is 2.38. The van der Waals surface area contributed by atoms with Crippen molar-refractivity contribution in [2.24, 2.45) is 0 Å². The number of benzene rings is 4. The van der Waals surface area contributed by atoms with E-state index in [0.29, 0.717) is 30.8 Å². The van der Waals surface area contributed by atoms with Crippen molar-refractivity contribution < 1.29 is 24.2 Å². The Morgan fingerprint density at radius 3 is 2.34 bits per heavy atom. The maximum Gasteiger partial charge on any atom is 0.254 e. The number of aliphatic hydroxyl groups is 1. The minimum Gasteiger partial charge on any atom is -0.497 e. The number of hydrogen-bond donors (Lipinski definition) is 3. The van der Waals surface area contributed by atoms with E-state index < -0.39 is 17.7 Å². The van der Waals surface area contributed by atoms with Crippen LogP contribution in [-0.2, 0) is 16.7 Å². The van der Waals surface area contributed by atoms with Crippen LogP contribution in [0.5, 0.6) is 5.75 Å². The molecule has 0 saturated carbocycles. The lowest BCUT2D eigenvalue weighted by Crippen LogP contribution is -2.53. The molecule has 0 radical (unpaired) electrons. The molecule has 5 rings (SSSR count). The highest BCUT2D eigenvalue weighted by molar-refractivity contribution is 6.00. The number of ether oxygens (including phenoxy) is 2. The first-order chi connectivity index (χ1) is 22.7. The van der Waals surface area contributed by atoms with Crippen LogP contribution in [0, 0.1) is 6.92 Å². The van der Waals surface area contributed by atoms with Crippen molar-refractivity contribution in [1.82, 2.24) is 15.5 Å².